The maximum Gasteiger partial charge on any atom is 0.168 e. The number of benzene rings is 1. The molecule has 1 aliphatic rings. The first kappa shape index (κ1) is 15.7. The number of hydrogen-bond acceptors (Lipinski definition) is 3. The quantitative estimate of drug-likeness (QED) is 0.849. The van der Waals surface area contributed by atoms with Gasteiger partial charge in [0.2, 0.25) is 0 Å². The molecule has 0 amide bonds. The van der Waals surface area contributed by atoms with Gasteiger partial charge in [-0.25, -0.2) is 0 Å². The Morgan fingerprint density at radius 2 is 2.00 bits per heavy atom. The van der Waals surface area contributed by atoms with E-state index in [1.165, 1.54) is 16.7 Å². The number of rotatable bonds is 2. The molecule has 95 valence electrons. The molecule has 1 aromatic carbocycles. The molecule has 1 N–H and O–H groups in total. The predicted octanol–water partition coefficient (Wildman–Crippen LogP) is 2.90. The Balaban J connectivity index is 0.00000162. The zero-order valence-electron chi connectivity index (χ0n) is 11.2. The monoisotopic (exact) mass is 318 g/mol. The molecule has 2 rings (SSSR count). The van der Waals surface area contributed by atoms with Crippen LogP contribution < -0.4 is 5.32 Å². The van der Waals surface area contributed by atoms with Crippen LogP contribution >= 0.6 is 0 Å². The van der Waals surface area contributed by atoms with Crippen LogP contribution in [0.1, 0.15) is 23.1 Å². The molecule has 0 aliphatic carbocycles. The molecule has 0 saturated heterocycles. The van der Waals surface area contributed by atoms with E-state index in [1.54, 1.807) is 0 Å². The predicted molar refractivity (Wildman–Crippen MR) is 72.7 cm³/mol. The average molecular weight is 318 g/mol. The molecule has 0 saturated carbocycles. The van der Waals surface area contributed by atoms with Gasteiger partial charge in [-0.1, -0.05) is 6.07 Å². The molecule has 0 aromatic heterocycles. The fourth-order valence-corrected chi connectivity index (χ4v) is 1.92. The van der Waals surface area contributed by atoms with Crippen LogP contribution in [0.15, 0.2) is 17.1 Å². The number of nitrogens with one attached hydrogen (secondary N) is 1. The summed E-state index contributed by atoms with van der Waals surface area (Å²) in [6, 6.07) is 4.38. The van der Waals surface area contributed by atoms with E-state index in [-0.39, 0.29) is 32.7 Å². The van der Waals surface area contributed by atoms with Gasteiger partial charge >= 0.3 is 0 Å². The molecule has 1 radical (unpaired) electrons. The first-order valence-electron chi connectivity index (χ1n) is 5.90. The van der Waals surface area contributed by atoms with E-state index < -0.39 is 0 Å². The van der Waals surface area contributed by atoms with Crippen molar-refractivity contribution in [2.45, 2.75) is 26.8 Å². The normalized spacial score (nSPS) is 13.0. The van der Waals surface area contributed by atoms with Gasteiger partial charge in [0, 0.05) is 38.4 Å². The minimum atomic E-state index is 0. The number of fused-ring (bicyclic) bond motifs is 1. The van der Waals surface area contributed by atoms with Gasteiger partial charge in [0.25, 0.3) is 0 Å². The molecule has 1 aromatic rings. The summed E-state index contributed by atoms with van der Waals surface area (Å²) in [5, 5.41) is 3.34. The summed E-state index contributed by atoms with van der Waals surface area (Å²) in [6.45, 7) is 9.62. The number of guanidine groups is 1. The van der Waals surface area contributed by atoms with E-state index in [2.05, 4.69) is 50.3 Å². The van der Waals surface area contributed by atoms with Crippen LogP contribution in [-0.2, 0) is 39.3 Å². The fourth-order valence-electron chi connectivity index (χ4n) is 1.92. The molecule has 1 heterocycles. The molecular formula is C14H19N3Y-2. The van der Waals surface area contributed by atoms with Crippen molar-refractivity contribution in [2.75, 3.05) is 11.9 Å². The van der Waals surface area contributed by atoms with Gasteiger partial charge in [0.15, 0.2) is 5.96 Å². The molecule has 4 heteroatoms. The van der Waals surface area contributed by atoms with E-state index in [4.69, 9.17) is 0 Å². The standard InChI is InChI=1S/C14H19N3.Y/c1-5-6-17(4)14-15-9-12-7-10(2)11(3)8-13(12)16-14;/h7-8H,1,4-6,9H2,2-3H3,(H,15,16);/q-2;. The number of hydrogen-bond donors (Lipinski definition) is 1. The van der Waals surface area contributed by atoms with Crippen molar-refractivity contribution in [3.05, 3.63) is 42.8 Å². The van der Waals surface area contributed by atoms with Gasteiger partial charge in [0.1, 0.15) is 0 Å². The van der Waals surface area contributed by atoms with Gasteiger partial charge in [-0.05, 0) is 43.1 Å². The fraction of sp³-hybridized carbons (Fsp3) is 0.357. The Bertz CT molecular complexity index is 455. The second-order valence-electron chi connectivity index (χ2n) is 4.48. The molecule has 0 spiro atoms. The van der Waals surface area contributed by atoms with Crippen LogP contribution in [0.25, 0.3) is 0 Å². The number of anilines is 1. The number of aryl methyl sites for hydroxylation is 2. The van der Waals surface area contributed by atoms with E-state index in [0.717, 1.165) is 31.2 Å². The van der Waals surface area contributed by atoms with Crippen LogP contribution in [-0.4, -0.2) is 17.4 Å². The Morgan fingerprint density at radius 1 is 1.33 bits per heavy atom. The van der Waals surface area contributed by atoms with Gasteiger partial charge < -0.3 is 17.1 Å². The Hall–Kier alpha value is -0.406. The van der Waals surface area contributed by atoms with Crippen molar-refractivity contribution >= 4 is 11.6 Å². The van der Waals surface area contributed by atoms with Crippen LogP contribution in [0.2, 0.25) is 0 Å². The molecule has 0 atom stereocenters. The molecule has 3 nitrogen and oxygen atoms in total. The summed E-state index contributed by atoms with van der Waals surface area (Å²) in [7, 11) is 3.96. The summed E-state index contributed by atoms with van der Waals surface area (Å²) in [6.07, 6.45) is 0.823. The molecule has 18 heavy (non-hydrogen) atoms. The second-order valence-corrected chi connectivity index (χ2v) is 4.48. The summed E-state index contributed by atoms with van der Waals surface area (Å²) in [4.78, 5) is 6.37. The largest absolute Gasteiger partial charge is 0.498 e. The first-order valence-corrected chi connectivity index (χ1v) is 5.90. The molecule has 0 unspecified atom stereocenters. The summed E-state index contributed by atoms with van der Waals surface area (Å²) in [5.41, 5.74) is 5.01. The summed E-state index contributed by atoms with van der Waals surface area (Å²) >= 11 is 0. The molecular weight excluding hydrogens is 299 g/mol. The first-order chi connectivity index (χ1) is 8.11. The Kier molecular flexibility index (Phi) is 5.80. The molecule has 1 aliphatic heterocycles. The number of nitrogens with zero attached hydrogens (tertiary/aromatic N) is 2. The van der Waals surface area contributed by atoms with Crippen molar-refractivity contribution in [1.82, 2.24) is 4.90 Å². The summed E-state index contributed by atoms with van der Waals surface area (Å²) in [5.74, 6) is 0.837. The van der Waals surface area contributed by atoms with E-state index in [1.807, 2.05) is 4.90 Å². The second kappa shape index (κ2) is 6.67. The van der Waals surface area contributed by atoms with Crippen LogP contribution in [0.3, 0.4) is 0 Å². The minimum absolute atomic E-state index is 0. The van der Waals surface area contributed by atoms with Gasteiger partial charge in [-0.15, -0.1) is 0 Å². The van der Waals surface area contributed by atoms with Crippen LogP contribution in [0, 0.1) is 27.8 Å². The minimum Gasteiger partial charge on any atom is -0.498 e. The van der Waals surface area contributed by atoms with Crippen molar-refractivity contribution in [2.24, 2.45) is 4.99 Å². The Labute approximate surface area is 135 Å². The zero-order chi connectivity index (χ0) is 12.4. The molecule has 0 bridgehead atoms. The maximum atomic E-state index is 4.50. The zero-order valence-corrected chi connectivity index (χ0v) is 14.0. The van der Waals surface area contributed by atoms with Gasteiger partial charge in [0.05, 0.1) is 6.54 Å². The third-order valence-electron chi connectivity index (χ3n) is 3.09. The van der Waals surface area contributed by atoms with Crippen molar-refractivity contribution in [1.29, 1.82) is 0 Å². The number of aliphatic imine (C=N–C) groups is 1. The SMILES string of the molecule is [CH2-]CCN([CH2-])C1=NCc2cc(C)c(C)cc2N1.[Y]. The third-order valence-corrected chi connectivity index (χ3v) is 3.09. The van der Waals surface area contributed by atoms with Crippen molar-refractivity contribution in [3.8, 4) is 0 Å². The Morgan fingerprint density at radius 3 is 2.67 bits per heavy atom. The molecule has 0 fully saturated rings. The smallest absolute Gasteiger partial charge is 0.168 e. The van der Waals surface area contributed by atoms with Crippen LogP contribution in [0.4, 0.5) is 5.69 Å². The van der Waals surface area contributed by atoms with Gasteiger partial charge in [-0.2, -0.15) is 6.42 Å². The van der Waals surface area contributed by atoms with Gasteiger partial charge in [-0.3, -0.25) is 12.0 Å². The van der Waals surface area contributed by atoms with E-state index in [0.29, 0.717) is 0 Å². The van der Waals surface area contributed by atoms with Crippen molar-refractivity contribution in [3.63, 3.8) is 0 Å². The van der Waals surface area contributed by atoms with E-state index >= 15 is 0 Å². The van der Waals surface area contributed by atoms with E-state index in [9.17, 15) is 0 Å². The van der Waals surface area contributed by atoms with Crippen molar-refractivity contribution < 1.29 is 32.7 Å². The maximum absolute atomic E-state index is 4.50. The van der Waals surface area contributed by atoms with Crippen LogP contribution in [0.5, 0.6) is 0 Å². The third kappa shape index (κ3) is 3.33. The average Bonchev–Trinajstić information content (AvgIpc) is 2.30. The topological polar surface area (TPSA) is 27.6 Å². The summed E-state index contributed by atoms with van der Waals surface area (Å²) < 4.78 is 0.